The first-order chi connectivity index (χ1) is 11.1. The average molecular weight is 322 g/mol. The first-order valence-electron chi connectivity index (χ1n) is 6.83. The number of esters is 1. The fraction of sp³-hybridized carbons (Fsp3) is 0.286. The van der Waals surface area contributed by atoms with Gasteiger partial charge in [-0.2, -0.15) is 4.98 Å². The molecule has 0 saturated heterocycles. The molecule has 0 atom stereocenters. The number of hydrogen-bond acceptors (Lipinski definition) is 6. The summed E-state index contributed by atoms with van der Waals surface area (Å²) in [6.07, 6.45) is -2.75. The average Bonchev–Trinajstić information content (AvgIpc) is 3.13. The van der Waals surface area contributed by atoms with E-state index in [0.717, 1.165) is 0 Å². The minimum absolute atomic E-state index is 0.0816. The van der Waals surface area contributed by atoms with Gasteiger partial charge in [0.15, 0.2) is 11.6 Å². The highest BCUT2D eigenvalue weighted by molar-refractivity contribution is 5.84. The Hall–Kier alpha value is -2.84. The predicted octanol–water partition coefficient (Wildman–Crippen LogP) is 2.58. The van der Waals surface area contributed by atoms with E-state index in [1.807, 2.05) is 0 Å². The Morgan fingerprint density at radius 3 is 2.87 bits per heavy atom. The molecule has 2 aromatic heterocycles. The highest BCUT2D eigenvalue weighted by Gasteiger charge is 2.22. The summed E-state index contributed by atoms with van der Waals surface area (Å²) in [6.45, 7) is 1.71. The summed E-state index contributed by atoms with van der Waals surface area (Å²) in [7, 11) is 0. The Morgan fingerprint density at radius 2 is 2.13 bits per heavy atom. The van der Waals surface area contributed by atoms with Crippen molar-refractivity contribution in [2.24, 2.45) is 0 Å². The second-order valence-electron chi connectivity index (χ2n) is 4.58. The number of para-hydroxylation sites is 2. The number of carbonyl (C=O) groups is 1. The third-order valence-corrected chi connectivity index (χ3v) is 3.10. The molecule has 120 valence electrons. The molecule has 0 fully saturated rings. The van der Waals surface area contributed by atoms with Gasteiger partial charge in [0.1, 0.15) is 0 Å². The van der Waals surface area contributed by atoms with E-state index in [9.17, 15) is 13.6 Å². The van der Waals surface area contributed by atoms with Crippen molar-refractivity contribution in [2.45, 2.75) is 19.9 Å². The third-order valence-electron chi connectivity index (χ3n) is 3.10. The lowest BCUT2D eigenvalue weighted by Crippen LogP contribution is -2.08. The van der Waals surface area contributed by atoms with E-state index >= 15 is 0 Å². The van der Waals surface area contributed by atoms with Crippen LogP contribution in [-0.4, -0.2) is 32.3 Å². The van der Waals surface area contributed by atoms with Crippen LogP contribution in [0.25, 0.3) is 11.0 Å². The van der Waals surface area contributed by atoms with Gasteiger partial charge < -0.3 is 13.8 Å². The van der Waals surface area contributed by atoms with E-state index in [4.69, 9.17) is 9.26 Å². The lowest BCUT2D eigenvalue weighted by molar-refractivity contribution is 0.0470. The molecule has 0 spiro atoms. The van der Waals surface area contributed by atoms with Gasteiger partial charge in [0.05, 0.1) is 24.2 Å². The van der Waals surface area contributed by atoms with Crippen LogP contribution < -0.4 is 0 Å². The van der Waals surface area contributed by atoms with Crippen LogP contribution in [0.1, 0.15) is 35.7 Å². The molecule has 3 aromatic rings. The standard InChI is InChI=1S/C14H12F2N4O3/c1-2-22-14(21)13-18-10(19-23-13)7-20-9-6-4-3-5-8(9)17-12(20)11(15)16/h3-6,11H,2,7H2,1H3. The molecule has 23 heavy (non-hydrogen) atoms. The Morgan fingerprint density at radius 1 is 1.35 bits per heavy atom. The van der Waals surface area contributed by atoms with Crippen LogP contribution in [0.4, 0.5) is 8.78 Å². The number of imidazole rings is 1. The van der Waals surface area contributed by atoms with Crippen molar-refractivity contribution in [3.63, 3.8) is 0 Å². The molecule has 0 saturated carbocycles. The van der Waals surface area contributed by atoms with Gasteiger partial charge in [0.25, 0.3) is 6.43 Å². The molecule has 1 aromatic carbocycles. The van der Waals surface area contributed by atoms with Gasteiger partial charge in [-0.1, -0.05) is 17.3 Å². The number of hydrogen-bond donors (Lipinski definition) is 0. The molecule has 0 radical (unpaired) electrons. The smallest absolute Gasteiger partial charge is 0.397 e. The highest BCUT2D eigenvalue weighted by Crippen LogP contribution is 2.24. The van der Waals surface area contributed by atoms with E-state index in [1.165, 1.54) is 4.57 Å². The number of halogens is 2. The largest absolute Gasteiger partial charge is 0.459 e. The normalized spacial score (nSPS) is 11.3. The van der Waals surface area contributed by atoms with Crippen molar-refractivity contribution in [3.05, 3.63) is 41.8 Å². The van der Waals surface area contributed by atoms with Gasteiger partial charge in [0, 0.05) is 0 Å². The fourth-order valence-electron chi connectivity index (χ4n) is 2.16. The first-order valence-corrected chi connectivity index (χ1v) is 6.83. The molecule has 9 heteroatoms. The second kappa shape index (κ2) is 6.11. The van der Waals surface area contributed by atoms with Gasteiger partial charge in [-0.3, -0.25) is 0 Å². The maximum Gasteiger partial charge on any atom is 0.397 e. The monoisotopic (exact) mass is 322 g/mol. The van der Waals surface area contributed by atoms with Crippen molar-refractivity contribution < 1.29 is 22.8 Å². The van der Waals surface area contributed by atoms with Crippen molar-refractivity contribution in [1.29, 1.82) is 0 Å². The lowest BCUT2D eigenvalue weighted by atomic mass is 10.3. The number of nitrogens with zero attached hydrogens (tertiary/aromatic N) is 4. The molecular formula is C14H12F2N4O3. The van der Waals surface area contributed by atoms with Crippen LogP contribution in [0, 0.1) is 0 Å². The number of fused-ring (bicyclic) bond motifs is 1. The molecule has 7 nitrogen and oxygen atoms in total. The molecule has 0 aliphatic carbocycles. The third kappa shape index (κ3) is 2.89. The molecule has 3 rings (SSSR count). The van der Waals surface area contributed by atoms with Gasteiger partial charge in [0.2, 0.25) is 0 Å². The molecule has 0 aliphatic rings. The molecule has 0 unspecified atom stereocenters. The highest BCUT2D eigenvalue weighted by atomic mass is 19.3. The number of carbonyl (C=O) groups excluding carboxylic acids is 1. The zero-order chi connectivity index (χ0) is 16.4. The zero-order valence-electron chi connectivity index (χ0n) is 12.1. The summed E-state index contributed by atoms with van der Waals surface area (Å²) in [5.41, 5.74) is 0.960. The minimum atomic E-state index is -2.75. The molecule has 0 N–H and O–H groups in total. The first kappa shape index (κ1) is 15.1. The van der Waals surface area contributed by atoms with Crippen LogP contribution in [0.15, 0.2) is 28.8 Å². The molecule has 0 amide bonds. The van der Waals surface area contributed by atoms with Crippen LogP contribution >= 0.6 is 0 Å². The molecular weight excluding hydrogens is 310 g/mol. The fourth-order valence-corrected chi connectivity index (χ4v) is 2.16. The van der Waals surface area contributed by atoms with Crippen LogP contribution in [0.2, 0.25) is 0 Å². The maximum atomic E-state index is 13.2. The Bertz CT molecular complexity index is 844. The zero-order valence-corrected chi connectivity index (χ0v) is 12.1. The van der Waals surface area contributed by atoms with Crippen LogP contribution in [-0.2, 0) is 11.3 Å². The summed E-state index contributed by atoms with van der Waals surface area (Å²) in [5.74, 6) is -1.38. The SMILES string of the molecule is CCOC(=O)c1nc(Cn2c(C(F)F)nc3ccccc32)no1. The van der Waals surface area contributed by atoms with E-state index < -0.39 is 18.2 Å². The Labute approximate surface area is 128 Å². The summed E-state index contributed by atoms with van der Waals surface area (Å²) in [4.78, 5) is 19.3. The summed E-state index contributed by atoms with van der Waals surface area (Å²) >= 11 is 0. The van der Waals surface area contributed by atoms with Crippen molar-refractivity contribution in [2.75, 3.05) is 6.61 Å². The number of alkyl halides is 2. The number of benzene rings is 1. The van der Waals surface area contributed by atoms with Crippen LogP contribution in [0.5, 0.6) is 0 Å². The van der Waals surface area contributed by atoms with Gasteiger partial charge in [-0.05, 0) is 19.1 Å². The maximum absolute atomic E-state index is 13.2. The second-order valence-corrected chi connectivity index (χ2v) is 4.58. The molecule has 0 aliphatic heterocycles. The minimum Gasteiger partial charge on any atom is -0.459 e. The van der Waals surface area contributed by atoms with E-state index in [-0.39, 0.29) is 24.9 Å². The van der Waals surface area contributed by atoms with E-state index in [2.05, 4.69) is 15.1 Å². The van der Waals surface area contributed by atoms with Crippen molar-refractivity contribution in [1.82, 2.24) is 19.7 Å². The molecule has 0 bridgehead atoms. The van der Waals surface area contributed by atoms with E-state index in [1.54, 1.807) is 31.2 Å². The topological polar surface area (TPSA) is 83.0 Å². The summed E-state index contributed by atoms with van der Waals surface area (Å²) in [6, 6.07) is 6.73. The number of aromatic nitrogens is 4. The van der Waals surface area contributed by atoms with Crippen molar-refractivity contribution >= 4 is 17.0 Å². The predicted molar refractivity (Wildman–Crippen MR) is 74.0 cm³/mol. The van der Waals surface area contributed by atoms with E-state index in [0.29, 0.717) is 11.0 Å². The lowest BCUT2D eigenvalue weighted by Gasteiger charge is -2.05. The number of rotatable bonds is 5. The van der Waals surface area contributed by atoms with Gasteiger partial charge in [-0.25, -0.2) is 18.6 Å². The Kier molecular flexibility index (Phi) is 4.00. The number of ether oxygens (including phenoxy) is 1. The summed E-state index contributed by atoms with van der Waals surface area (Å²) < 4.78 is 37.2. The Balaban J connectivity index is 1.95. The quantitative estimate of drug-likeness (QED) is 0.671. The van der Waals surface area contributed by atoms with Crippen LogP contribution in [0.3, 0.4) is 0 Å². The van der Waals surface area contributed by atoms with Gasteiger partial charge in [-0.15, -0.1) is 0 Å². The molecule has 2 heterocycles. The van der Waals surface area contributed by atoms with Crippen molar-refractivity contribution in [3.8, 4) is 0 Å². The van der Waals surface area contributed by atoms with Gasteiger partial charge >= 0.3 is 11.9 Å². The summed E-state index contributed by atoms with van der Waals surface area (Å²) in [5, 5.41) is 3.62.